The summed E-state index contributed by atoms with van der Waals surface area (Å²) in [5, 5.41) is 4.74. The van der Waals surface area contributed by atoms with Crippen molar-refractivity contribution in [2.75, 3.05) is 18.2 Å². The number of ether oxygens (including phenoxy) is 1. The molecule has 10 heteroatoms. The number of benzene rings is 2. The van der Waals surface area contributed by atoms with E-state index in [9.17, 15) is 9.59 Å². The number of thiazole rings is 1. The Labute approximate surface area is 174 Å². The number of carbonyl (C=O) groups excluding carboxylic acids is 2. The van der Waals surface area contributed by atoms with Gasteiger partial charge in [0.25, 0.3) is 5.91 Å². The van der Waals surface area contributed by atoms with Crippen molar-refractivity contribution in [1.82, 2.24) is 15.4 Å². The van der Waals surface area contributed by atoms with Gasteiger partial charge in [-0.1, -0.05) is 35.1 Å². The van der Waals surface area contributed by atoms with Gasteiger partial charge in [-0.25, -0.2) is 20.2 Å². The van der Waals surface area contributed by atoms with Crippen LogP contribution < -0.4 is 15.5 Å². The zero-order valence-electron chi connectivity index (χ0n) is 14.6. The van der Waals surface area contributed by atoms with Crippen LogP contribution in [0.15, 0.2) is 42.5 Å². The van der Waals surface area contributed by atoms with Crippen molar-refractivity contribution >= 4 is 62.0 Å². The molecule has 0 bridgehead atoms. The summed E-state index contributed by atoms with van der Waals surface area (Å²) in [5.74, 6) is 0.847. The molecule has 0 saturated carbocycles. The van der Waals surface area contributed by atoms with Crippen molar-refractivity contribution in [2.45, 2.75) is 5.37 Å². The molecule has 0 spiro atoms. The van der Waals surface area contributed by atoms with Gasteiger partial charge in [0.2, 0.25) is 0 Å². The molecular weight excluding hydrogens is 420 g/mol. The van der Waals surface area contributed by atoms with Crippen LogP contribution in [0.25, 0.3) is 10.2 Å². The molecule has 1 aromatic heterocycles. The van der Waals surface area contributed by atoms with E-state index >= 15 is 0 Å². The number of rotatable bonds is 4. The van der Waals surface area contributed by atoms with E-state index in [0.717, 1.165) is 21.5 Å². The van der Waals surface area contributed by atoms with Crippen LogP contribution in [-0.2, 0) is 4.79 Å². The second kappa shape index (κ2) is 7.86. The van der Waals surface area contributed by atoms with Gasteiger partial charge in [0.05, 0.1) is 23.1 Å². The molecule has 1 aliphatic rings. The topological polar surface area (TPSA) is 83.6 Å². The zero-order chi connectivity index (χ0) is 19.7. The molecule has 2 aromatic carbocycles. The Kier molecular flexibility index (Phi) is 5.29. The van der Waals surface area contributed by atoms with Gasteiger partial charge in [-0.05, 0) is 35.9 Å². The van der Waals surface area contributed by atoms with Crippen LogP contribution in [-0.4, -0.2) is 34.8 Å². The van der Waals surface area contributed by atoms with Crippen LogP contribution in [0.3, 0.4) is 0 Å². The summed E-state index contributed by atoms with van der Waals surface area (Å²) in [6.07, 6.45) is 0. The first-order valence-corrected chi connectivity index (χ1v) is 10.5. The normalized spacial score (nSPS) is 16.4. The summed E-state index contributed by atoms with van der Waals surface area (Å²) in [6.45, 7) is 0. The standard InChI is InChI=1S/C18H15ClN4O3S2/c1-26-12-5-2-10(3-6-12)16-23(15(24)9-27-16)22-17(25)21-18-20-13-7-4-11(19)8-14(13)28-18/h2-8,16H,9H2,1H3,(H2,20,21,22,25). The van der Waals surface area contributed by atoms with Crippen LogP contribution >= 0.6 is 34.7 Å². The van der Waals surface area contributed by atoms with Gasteiger partial charge in [-0.3, -0.25) is 10.1 Å². The molecule has 0 aliphatic carbocycles. The van der Waals surface area contributed by atoms with Gasteiger partial charge in [-0.15, -0.1) is 11.8 Å². The number of hydrogen-bond donors (Lipinski definition) is 2. The Hall–Kier alpha value is -2.49. The van der Waals surface area contributed by atoms with E-state index in [0.29, 0.717) is 10.2 Å². The van der Waals surface area contributed by atoms with Crippen LogP contribution in [0.4, 0.5) is 9.93 Å². The number of nitrogens with one attached hydrogen (secondary N) is 2. The van der Waals surface area contributed by atoms with Crippen LogP contribution in [0, 0.1) is 0 Å². The number of methoxy groups -OCH3 is 1. The van der Waals surface area contributed by atoms with Gasteiger partial charge in [-0.2, -0.15) is 0 Å². The van der Waals surface area contributed by atoms with E-state index in [1.165, 1.54) is 28.1 Å². The quantitative estimate of drug-likeness (QED) is 0.640. The third-order valence-corrected chi connectivity index (χ3v) is 6.44. The maximum atomic E-state index is 12.4. The molecule has 1 fully saturated rings. The number of halogens is 1. The minimum absolute atomic E-state index is 0.169. The minimum Gasteiger partial charge on any atom is -0.497 e. The molecule has 28 heavy (non-hydrogen) atoms. The van der Waals surface area contributed by atoms with E-state index in [1.807, 2.05) is 24.3 Å². The fourth-order valence-electron chi connectivity index (χ4n) is 2.75. The van der Waals surface area contributed by atoms with Crippen molar-refractivity contribution in [1.29, 1.82) is 0 Å². The lowest BCUT2D eigenvalue weighted by atomic mass is 10.2. The highest BCUT2D eigenvalue weighted by Crippen LogP contribution is 2.37. The number of anilines is 1. The summed E-state index contributed by atoms with van der Waals surface area (Å²) in [7, 11) is 1.59. The predicted octanol–water partition coefficient (Wildman–Crippen LogP) is 4.27. The predicted molar refractivity (Wildman–Crippen MR) is 112 cm³/mol. The SMILES string of the molecule is COc1ccc(C2SCC(=O)N2NC(=O)Nc2nc3ccc(Cl)cc3s2)cc1. The number of aromatic nitrogens is 1. The summed E-state index contributed by atoms with van der Waals surface area (Å²) in [4.78, 5) is 29.0. The van der Waals surface area contributed by atoms with Gasteiger partial charge in [0, 0.05) is 5.02 Å². The highest BCUT2D eigenvalue weighted by Gasteiger charge is 2.34. The van der Waals surface area contributed by atoms with Gasteiger partial charge in [0.15, 0.2) is 5.13 Å². The molecular formula is C18H15ClN4O3S2. The molecule has 0 radical (unpaired) electrons. The maximum absolute atomic E-state index is 12.4. The summed E-state index contributed by atoms with van der Waals surface area (Å²) >= 11 is 8.74. The summed E-state index contributed by atoms with van der Waals surface area (Å²) in [6, 6.07) is 12.2. The number of urea groups is 1. The third-order valence-electron chi connectivity index (χ3n) is 4.06. The Balaban J connectivity index is 1.47. The van der Waals surface area contributed by atoms with Gasteiger partial charge in [0.1, 0.15) is 11.1 Å². The molecule has 1 aliphatic heterocycles. The first kappa shape index (κ1) is 18.9. The van der Waals surface area contributed by atoms with Crippen molar-refractivity contribution in [3.05, 3.63) is 53.1 Å². The van der Waals surface area contributed by atoms with Gasteiger partial charge < -0.3 is 4.74 Å². The first-order chi connectivity index (χ1) is 13.5. The van der Waals surface area contributed by atoms with Crippen molar-refractivity contribution in [3.8, 4) is 5.75 Å². The molecule has 7 nitrogen and oxygen atoms in total. The molecule has 2 N–H and O–H groups in total. The van der Waals surface area contributed by atoms with Crippen LogP contribution in [0.1, 0.15) is 10.9 Å². The van der Waals surface area contributed by atoms with Crippen molar-refractivity contribution < 1.29 is 14.3 Å². The molecule has 3 amide bonds. The largest absolute Gasteiger partial charge is 0.497 e. The number of carbonyl (C=O) groups is 2. The van der Waals surface area contributed by atoms with Gasteiger partial charge >= 0.3 is 6.03 Å². The fraction of sp³-hybridized carbons (Fsp3) is 0.167. The van der Waals surface area contributed by atoms with E-state index in [2.05, 4.69) is 15.7 Å². The Morgan fingerprint density at radius 3 is 2.82 bits per heavy atom. The molecule has 3 aromatic rings. The second-order valence-corrected chi connectivity index (χ2v) is 8.43. The monoisotopic (exact) mass is 434 g/mol. The number of hydrazine groups is 1. The Morgan fingerprint density at radius 2 is 2.07 bits per heavy atom. The Morgan fingerprint density at radius 1 is 1.29 bits per heavy atom. The van der Waals surface area contributed by atoms with E-state index in [4.69, 9.17) is 16.3 Å². The molecule has 1 atom stereocenters. The van der Waals surface area contributed by atoms with Crippen molar-refractivity contribution in [2.24, 2.45) is 0 Å². The van der Waals surface area contributed by atoms with E-state index < -0.39 is 6.03 Å². The maximum Gasteiger partial charge on any atom is 0.339 e. The lowest BCUT2D eigenvalue weighted by Gasteiger charge is -2.24. The average Bonchev–Trinajstić information content (AvgIpc) is 3.24. The Bertz CT molecular complexity index is 1040. The number of nitrogens with zero attached hydrogens (tertiary/aromatic N) is 2. The van der Waals surface area contributed by atoms with E-state index in [-0.39, 0.29) is 17.0 Å². The smallest absolute Gasteiger partial charge is 0.339 e. The first-order valence-electron chi connectivity index (χ1n) is 8.25. The number of amides is 3. The third kappa shape index (κ3) is 3.87. The number of fused-ring (bicyclic) bond motifs is 1. The molecule has 1 saturated heterocycles. The second-order valence-electron chi connectivity index (χ2n) is 5.90. The summed E-state index contributed by atoms with van der Waals surface area (Å²) < 4.78 is 6.03. The van der Waals surface area contributed by atoms with Crippen LogP contribution in [0.2, 0.25) is 5.02 Å². The van der Waals surface area contributed by atoms with Crippen LogP contribution in [0.5, 0.6) is 5.75 Å². The number of thioether (sulfide) groups is 1. The lowest BCUT2D eigenvalue weighted by molar-refractivity contribution is -0.130. The molecule has 2 heterocycles. The molecule has 4 rings (SSSR count). The minimum atomic E-state index is -0.528. The average molecular weight is 435 g/mol. The highest BCUT2D eigenvalue weighted by molar-refractivity contribution is 8.00. The number of hydrogen-bond acceptors (Lipinski definition) is 6. The summed E-state index contributed by atoms with van der Waals surface area (Å²) in [5.41, 5.74) is 4.27. The molecule has 1 unspecified atom stereocenters. The highest BCUT2D eigenvalue weighted by atomic mass is 35.5. The molecule has 144 valence electrons. The fourth-order valence-corrected chi connectivity index (χ4v) is 4.99. The van der Waals surface area contributed by atoms with E-state index in [1.54, 1.807) is 25.3 Å². The van der Waals surface area contributed by atoms with Crippen molar-refractivity contribution in [3.63, 3.8) is 0 Å². The zero-order valence-corrected chi connectivity index (χ0v) is 17.0. The lowest BCUT2D eigenvalue weighted by Crippen LogP contribution is -2.46.